The number of ether oxygens (including phenoxy) is 2. The highest BCUT2D eigenvalue weighted by Crippen LogP contribution is 2.33. The lowest BCUT2D eigenvalue weighted by atomic mass is 10.2. The molecule has 1 N–H and O–H groups in total. The van der Waals surface area contributed by atoms with E-state index in [0.29, 0.717) is 28.6 Å². The summed E-state index contributed by atoms with van der Waals surface area (Å²) >= 11 is 0.763. The Morgan fingerprint density at radius 2 is 1.79 bits per heavy atom. The van der Waals surface area contributed by atoms with Crippen molar-refractivity contribution in [1.82, 2.24) is 0 Å². The van der Waals surface area contributed by atoms with Gasteiger partial charge in [0.1, 0.15) is 11.5 Å². The van der Waals surface area contributed by atoms with Gasteiger partial charge in [-0.3, -0.25) is 0 Å². The van der Waals surface area contributed by atoms with Gasteiger partial charge < -0.3 is 14.8 Å². The zero-order valence-electron chi connectivity index (χ0n) is 13.3. The zero-order chi connectivity index (χ0) is 17.6. The number of hydrogen-bond acceptors (Lipinski definition) is 4. The molecule has 0 aliphatic carbocycles. The summed E-state index contributed by atoms with van der Waals surface area (Å²) in [6.07, 6.45) is -4.20. The lowest BCUT2D eigenvalue weighted by Crippen LogP contribution is -2.11. The number of halogens is 3. The molecular weight excluding hydrogens is 339 g/mol. The molecule has 0 fully saturated rings. The third kappa shape index (κ3) is 5.26. The number of benzene rings is 2. The van der Waals surface area contributed by atoms with Gasteiger partial charge in [0.05, 0.1) is 20.0 Å². The molecule has 0 atom stereocenters. The standard InChI is InChI=1S/C17H18F3NO2S/c1-22-13-7-8-15(23-2)12(9-13)10-21-14-5-3-4-6-16(14)24-11-17(18,19)20/h3-9,21H,10-11H2,1-2H3. The van der Waals surface area contributed by atoms with Crippen molar-refractivity contribution >= 4 is 17.4 Å². The van der Waals surface area contributed by atoms with Gasteiger partial charge in [-0.2, -0.15) is 13.2 Å². The van der Waals surface area contributed by atoms with Gasteiger partial charge in [0.25, 0.3) is 0 Å². The number of methoxy groups -OCH3 is 2. The van der Waals surface area contributed by atoms with Crippen LogP contribution in [0.4, 0.5) is 18.9 Å². The smallest absolute Gasteiger partial charge is 0.398 e. The molecule has 24 heavy (non-hydrogen) atoms. The lowest BCUT2D eigenvalue weighted by Gasteiger charge is -2.15. The molecule has 0 bridgehead atoms. The number of thioether (sulfide) groups is 1. The van der Waals surface area contributed by atoms with E-state index in [1.165, 1.54) is 0 Å². The maximum Gasteiger partial charge on any atom is 0.398 e. The fourth-order valence-corrected chi connectivity index (χ4v) is 2.90. The van der Waals surface area contributed by atoms with Crippen LogP contribution in [0.15, 0.2) is 47.4 Å². The van der Waals surface area contributed by atoms with Crippen LogP contribution in [0.1, 0.15) is 5.56 Å². The minimum absolute atomic E-state index is 0.407. The second-order valence-corrected chi connectivity index (χ2v) is 5.95. The van der Waals surface area contributed by atoms with Crippen LogP contribution in [0.5, 0.6) is 11.5 Å². The fraction of sp³-hybridized carbons (Fsp3) is 0.294. The SMILES string of the molecule is COc1ccc(OC)c(CNc2ccccc2SCC(F)(F)F)c1. The number of anilines is 1. The average Bonchev–Trinajstić information content (AvgIpc) is 2.57. The Morgan fingerprint density at radius 1 is 1.04 bits per heavy atom. The molecule has 0 heterocycles. The molecule has 0 aliphatic rings. The van der Waals surface area contributed by atoms with Crippen molar-refractivity contribution < 1.29 is 22.6 Å². The van der Waals surface area contributed by atoms with Crippen molar-refractivity contribution in [3.05, 3.63) is 48.0 Å². The van der Waals surface area contributed by atoms with E-state index in [-0.39, 0.29) is 0 Å². The van der Waals surface area contributed by atoms with Crippen LogP contribution in [0, 0.1) is 0 Å². The number of para-hydroxylation sites is 1. The van der Waals surface area contributed by atoms with Crippen LogP contribution in [-0.4, -0.2) is 26.1 Å². The van der Waals surface area contributed by atoms with Crippen molar-refractivity contribution in [1.29, 1.82) is 0 Å². The molecule has 0 aromatic heterocycles. The van der Waals surface area contributed by atoms with E-state index >= 15 is 0 Å². The minimum atomic E-state index is -4.20. The third-order valence-electron chi connectivity index (χ3n) is 3.24. The Hall–Kier alpha value is -2.02. The van der Waals surface area contributed by atoms with Crippen LogP contribution in [0.25, 0.3) is 0 Å². The summed E-state index contributed by atoms with van der Waals surface area (Å²) in [5, 5.41) is 3.17. The number of nitrogens with one attached hydrogen (secondary N) is 1. The molecule has 0 spiro atoms. The van der Waals surface area contributed by atoms with E-state index in [1.807, 2.05) is 6.07 Å². The van der Waals surface area contributed by atoms with E-state index in [1.54, 1.807) is 50.6 Å². The molecule has 0 aliphatic heterocycles. The average molecular weight is 357 g/mol. The Balaban J connectivity index is 2.12. The summed E-state index contributed by atoms with van der Waals surface area (Å²) in [5.74, 6) is 0.449. The third-order valence-corrected chi connectivity index (χ3v) is 4.37. The molecule has 2 aromatic rings. The van der Waals surface area contributed by atoms with E-state index in [2.05, 4.69) is 5.32 Å². The summed E-state index contributed by atoms with van der Waals surface area (Å²) < 4.78 is 47.8. The van der Waals surface area contributed by atoms with Gasteiger partial charge in [0.15, 0.2) is 0 Å². The van der Waals surface area contributed by atoms with E-state index in [9.17, 15) is 13.2 Å². The highest BCUT2D eigenvalue weighted by molar-refractivity contribution is 7.99. The van der Waals surface area contributed by atoms with Crippen molar-refractivity contribution in [3.8, 4) is 11.5 Å². The fourth-order valence-electron chi connectivity index (χ4n) is 2.11. The Morgan fingerprint density at radius 3 is 2.46 bits per heavy atom. The van der Waals surface area contributed by atoms with Gasteiger partial charge in [-0.05, 0) is 30.3 Å². The first-order valence-electron chi connectivity index (χ1n) is 7.16. The zero-order valence-corrected chi connectivity index (χ0v) is 14.1. The quantitative estimate of drug-likeness (QED) is 0.709. The number of hydrogen-bond donors (Lipinski definition) is 1. The van der Waals surface area contributed by atoms with Crippen molar-refractivity contribution in [3.63, 3.8) is 0 Å². The number of rotatable bonds is 7. The first kappa shape index (κ1) is 18.3. The van der Waals surface area contributed by atoms with Gasteiger partial charge >= 0.3 is 6.18 Å². The van der Waals surface area contributed by atoms with Crippen LogP contribution in [0.2, 0.25) is 0 Å². The van der Waals surface area contributed by atoms with Gasteiger partial charge in [0, 0.05) is 22.7 Å². The highest BCUT2D eigenvalue weighted by Gasteiger charge is 2.27. The van der Waals surface area contributed by atoms with Crippen LogP contribution < -0.4 is 14.8 Å². The Kier molecular flexibility index (Phi) is 6.25. The van der Waals surface area contributed by atoms with Crippen LogP contribution >= 0.6 is 11.8 Å². The van der Waals surface area contributed by atoms with Crippen molar-refractivity contribution in [2.45, 2.75) is 17.6 Å². The summed E-state index contributed by atoms with van der Waals surface area (Å²) in [5.41, 5.74) is 1.50. The summed E-state index contributed by atoms with van der Waals surface area (Å²) in [7, 11) is 3.14. The lowest BCUT2D eigenvalue weighted by molar-refractivity contribution is -0.105. The molecule has 2 aromatic carbocycles. The van der Waals surface area contributed by atoms with Crippen molar-refractivity contribution in [2.75, 3.05) is 25.3 Å². The molecule has 3 nitrogen and oxygen atoms in total. The summed E-state index contributed by atoms with van der Waals surface area (Å²) in [4.78, 5) is 0.552. The van der Waals surface area contributed by atoms with Gasteiger partial charge in [-0.1, -0.05) is 12.1 Å². The van der Waals surface area contributed by atoms with E-state index < -0.39 is 11.9 Å². The summed E-state index contributed by atoms with van der Waals surface area (Å²) in [6, 6.07) is 12.3. The Labute approximate surface area is 143 Å². The first-order valence-corrected chi connectivity index (χ1v) is 8.15. The molecular formula is C17H18F3NO2S. The van der Waals surface area contributed by atoms with Gasteiger partial charge in [-0.25, -0.2) is 0 Å². The second-order valence-electron chi connectivity index (χ2n) is 4.93. The normalized spacial score (nSPS) is 11.2. The first-order chi connectivity index (χ1) is 11.4. The number of alkyl halides is 3. The van der Waals surface area contributed by atoms with Crippen LogP contribution in [-0.2, 0) is 6.54 Å². The van der Waals surface area contributed by atoms with E-state index in [0.717, 1.165) is 17.3 Å². The maximum absolute atomic E-state index is 12.4. The molecule has 7 heteroatoms. The van der Waals surface area contributed by atoms with Gasteiger partial charge in [0.2, 0.25) is 0 Å². The topological polar surface area (TPSA) is 30.5 Å². The van der Waals surface area contributed by atoms with Crippen LogP contribution in [0.3, 0.4) is 0 Å². The summed E-state index contributed by atoms with van der Waals surface area (Å²) in [6.45, 7) is 0.407. The monoisotopic (exact) mass is 357 g/mol. The van der Waals surface area contributed by atoms with Gasteiger partial charge in [-0.15, -0.1) is 11.8 Å². The molecule has 0 unspecified atom stereocenters. The van der Waals surface area contributed by atoms with E-state index in [4.69, 9.17) is 9.47 Å². The molecule has 2 rings (SSSR count). The maximum atomic E-state index is 12.4. The second kappa shape index (κ2) is 8.19. The predicted molar refractivity (Wildman–Crippen MR) is 90.1 cm³/mol. The predicted octanol–water partition coefficient (Wildman–Crippen LogP) is 4.97. The largest absolute Gasteiger partial charge is 0.497 e. The molecule has 130 valence electrons. The molecule has 0 saturated carbocycles. The molecule has 0 saturated heterocycles. The Bertz CT molecular complexity index is 677. The molecule has 0 amide bonds. The van der Waals surface area contributed by atoms with Crippen molar-refractivity contribution in [2.24, 2.45) is 0 Å². The molecule has 0 radical (unpaired) electrons. The highest BCUT2D eigenvalue weighted by atomic mass is 32.2. The minimum Gasteiger partial charge on any atom is -0.497 e.